The molecule has 0 saturated carbocycles. The number of nitrogens with one attached hydrogen (secondary N) is 1. The van der Waals surface area contributed by atoms with Gasteiger partial charge in [0, 0.05) is 13.0 Å². The third-order valence-corrected chi connectivity index (χ3v) is 4.16. The summed E-state index contributed by atoms with van der Waals surface area (Å²) in [6.45, 7) is 5.54. The molecule has 0 radical (unpaired) electrons. The summed E-state index contributed by atoms with van der Waals surface area (Å²) in [5.41, 5.74) is 1.24. The quantitative estimate of drug-likeness (QED) is 0.745. The van der Waals surface area contributed by atoms with Gasteiger partial charge < -0.3 is 14.8 Å². The summed E-state index contributed by atoms with van der Waals surface area (Å²) in [4.78, 5) is 0. The summed E-state index contributed by atoms with van der Waals surface area (Å²) in [5, 5.41) is 3.40. The monoisotopic (exact) mass is 391 g/mol. The summed E-state index contributed by atoms with van der Waals surface area (Å²) < 4.78 is 13.3. The van der Waals surface area contributed by atoms with E-state index in [-0.39, 0.29) is 6.10 Å². The molecule has 0 bridgehead atoms. The van der Waals surface area contributed by atoms with Crippen molar-refractivity contribution in [2.45, 2.75) is 32.4 Å². The van der Waals surface area contributed by atoms with Gasteiger partial charge in [0.25, 0.3) is 0 Å². The number of rotatable bonds is 6. The summed E-state index contributed by atoms with van der Waals surface area (Å²) in [7, 11) is 0. The van der Waals surface area contributed by atoms with Crippen molar-refractivity contribution < 1.29 is 9.47 Å². The number of hydrogen-bond donors (Lipinski definition) is 1. The van der Waals surface area contributed by atoms with Crippen LogP contribution in [0.1, 0.15) is 25.3 Å². The lowest BCUT2D eigenvalue weighted by Crippen LogP contribution is -2.17. The van der Waals surface area contributed by atoms with Crippen LogP contribution < -0.4 is 10.1 Å². The number of halogens is 2. The van der Waals surface area contributed by atoms with Gasteiger partial charge in [0.05, 0.1) is 22.2 Å². The third-order valence-electron chi connectivity index (χ3n) is 2.99. The highest BCUT2D eigenvalue weighted by atomic mass is 79.9. The maximum Gasteiger partial charge on any atom is 0.148 e. The molecule has 0 spiro atoms. The van der Waals surface area contributed by atoms with E-state index in [0.29, 0.717) is 6.61 Å². The largest absolute Gasteiger partial charge is 0.486 e. The summed E-state index contributed by atoms with van der Waals surface area (Å²) in [5.74, 6) is 0.870. The highest BCUT2D eigenvalue weighted by Crippen LogP contribution is 2.36. The molecule has 1 heterocycles. The minimum absolute atomic E-state index is 0.164. The zero-order chi connectivity index (χ0) is 13.7. The second-order valence-electron chi connectivity index (χ2n) is 4.67. The second-order valence-corrected chi connectivity index (χ2v) is 6.38. The highest BCUT2D eigenvalue weighted by molar-refractivity contribution is 9.11. The predicted octanol–water partition coefficient (Wildman–Crippen LogP) is 3.88. The Morgan fingerprint density at radius 1 is 1.37 bits per heavy atom. The lowest BCUT2D eigenvalue weighted by molar-refractivity contribution is 0.140. The van der Waals surface area contributed by atoms with Gasteiger partial charge >= 0.3 is 0 Å². The highest BCUT2D eigenvalue weighted by Gasteiger charge is 2.20. The van der Waals surface area contributed by atoms with Gasteiger partial charge in [0.2, 0.25) is 0 Å². The Labute approximate surface area is 131 Å². The van der Waals surface area contributed by atoms with Crippen molar-refractivity contribution in [1.82, 2.24) is 5.32 Å². The molecule has 1 aliphatic heterocycles. The first-order chi connectivity index (χ1) is 9.20. The van der Waals surface area contributed by atoms with Gasteiger partial charge in [-0.2, -0.15) is 0 Å². The fourth-order valence-electron chi connectivity index (χ4n) is 2.01. The van der Waals surface area contributed by atoms with Crippen LogP contribution in [0.15, 0.2) is 21.1 Å². The van der Waals surface area contributed by atoms with Crippen molar-refractivity contribution in [2.24, 2.45) is 0 Å². The van der Waals surface area contributed by atoms with Crippen LogP contribution in [0.5, 0.6) is 5.75 Å². The zero-order valence-corrected chi connectivity index (χ0v) is 14.2. The van der Waals surface area contributed by atoms with Crippen LogP contribution in [0, 0.1) is 0 Å². The molecule has 19 heavy (non-hydrogen) atoms. The van der Waals surface area contributed by atoms with E-state index in [1.807, 2.05) is 0 Å². The smallest absolute Gasteiger partial charge is 0.148 e. The Morgan fingerprint density at radius 2 is 2.11 bits per heavy atom. The minimum Gasteiger partial charge on any atom is -0.486 e. The first kappa shape index (κ1) is 15.3. The van der Waals surface area contributed by atoms with Gasteiger partial charge in [-0.1, -0.05) is 6.92 Å². The first-order valence-electron chi connectivity index (χ1n) is 6.63. The fraction of sp³-hybridized carbons (Fsp3) is 0.571. The Kier molecular flexibility index (Phi) is 6.13. The van der Waals surface area contributed by atoms with E-state index in [2.05, 4.69) is 56.2 Å². The Balaban J connectivity index is 2.03. The Morgan fingerprint density at radius 3 is 2.68 bits per heavy atom. The molecular formula is C14H19Br2NO2. The molecule has 106 valence electrons. The first-order valence-corrected chi connectivity index (χ1v) is 8.22. The lowest BCUT2D eigenvalue weighted by Gasteiger charge is -2.16. The van der Waals surface area contributed by atoms with Crippen molar-refractivity contribution in [3.05, 3.63) is 26.6 Å². The van der Waals surface area contributed by atoms with Crippen molar-refractivity contribution in [2.75, 3.05) is 19.8 Å². The summed E-state index contributed by atoms with van der Waals surface area (Å²) in [6, 6.07) is 4.22. The van der Waals surface area contributed by atoms with E-state index in [1.54, 1.807) is 0 Å². The van der Waals surface area contributed by atoms with Crippen LogP contribution in [-0.2, 0) is 11.3 Å². The van der Waals surface area contributed by atoms with Gasteiger partial charge in [-0.3, -0.25) is 0 Å². The Bertz CT molecular complexity index is 397. The van der Waals surface area contributed by atoms with Crippen LogP contribution in [0.4, 0.5) is 0 Å². The maximum absolute atomic E-state index is 5.98. The normalized spacial score (nSPS) is 18.8. The lowest BCUT2D eigenvalue weighted by atomic mass is 10.2. The number of benzene rings is 1. The van der Waals surface area contributed by atoms with Crippen molar-refractivity contribution in [3.8, 4) is 5.75 Å². The molecule has 0 aliphatic carbocycles. The number of hydrogen-bond acceptors (Lipinski definition) is 3. The van der Waals surface area contributed by atoms with E-state index in [4.69, 9.17) is 9.47 Å². The average Bonchev–Trinajstić information content (AvgIpc) is 2.87. The average molecular weight is 393 g/mol. The molecule has 1 fully saturated rings. The standard InChI is InChI=1S/C14H19Br2NO2/c1-2-4-17-8-10-6-12(15)14(13(16)7-10)19-11-3-5-18-9-11/h6-7,11,17H,2-5,8-9H2,1H3. The second kappa shape index (κ2) is 7.62. The third kappa shape index (κ3) is 4.45. The van der Waals surface area contributed by atoms with Crippen LogP contribution in [0.3, 0.4) is 0 Å². The molecule has 0 amide bonds. The predicted molar refractivity (Wildman–Crippen MR) is 83.7 cm³/mol. The van der Waals surface area contributed by atoms with Gasteiger partial charge in [-0.15, -0.1) is 0 Å². The molecule has 1 unspecified atom stereocenters. The molecule has 3 nitrogen and oxygen atoms in total. The molecule has 1 aliphatic rings. The molecule has 0 aromatic heterocycles. The molecule has 5 heteroatoms. The van der Waals surface area contributed by atoms with Crippen LogP contribution in [0.2, 0.25) is 0 Å². The van der Waals surface area contributed by atoms with Gasteiger partial charge in [-0.05, 0) is 62.5 Å². The van der Waals surface area contributed by atoms with Gasteiger partial charge in [0.1, 0.15) is 11.9 Å². The van der Waals surface area contributed by atoms with E-state index in [1.165, 1.54) is 5.56 Å². The molecule has 1 saturated heterocycles. The zero-order valence-electron chi connectivity index (χ0n) is 11.0. The SMILES string of the molecule is CCCNCc1cc(Br)c(OC2CCOC2)c(Br)c1. The summed E-state index contributed by atoms with van der Waals surface area (Å²) >= 11 is 7.18. The van der Waals surface area contributed by atoms with Crippen LogP contribution in [-0.4, -0.2) is 25.9 Å². The molecule has 1 atom stereocenters. The van der Waals surface area contributed by atoms with E-state index < -0.39 is 0 Å². The van der Waals surface area contributed by atoms with Crippen molar-refractivity contribution in [1.29, 1.82) is 0 Å². The molecule has 1 N–H and O–H groups in total. The molecular weight excluding hydrogens is 374 g/mol. The van der Waals surface area contributed by atoms with E-state index >= 15 is 0 Å². The summed E-state index contributed by atoms with van der Waals surface area (Å²) in [6.07, 6.45) is 2.26. The fourth-order valence-corrected chi connectivity index (χ4v) is 3.48. The number of ether oxygens (including phenoxy) is 2. The minimum atomic E-state index is 0.164. The van der Waals surface area contributed by atoms with Crippen molar-refractivity contribution in [3.63, 3.8) is 0 Å². The molecule has 2 rings (SSSR count). The van der Waals surface area contributed by atoms with Crippen molar-refractivity contribution >= 4 is 31.9 Å². The van der Waals surface area contributed by atoms with Crippen LogP contribution in [0.25, 0.3) is 0 Å². The van der Waals surface area contributed by atoms with E-state index in [9.17, 15) is 0 Å². The molecule has 1 aromatic rings. The van der Waals surface area contributed by atoms with E-state index in [0.717, 1.165) is 47.2 Å². The van der Waals surface area contributed by atoms with Gasteiger partial charge in [0.15, 0.2) is 0 Å². The molecule has 1 aromatic carbocycles. The maximum atomic E-state index is 5.98. The Hall–Kier alpha value is -0.100. The topological polar surface area (TPSA) is 30.5 Å². The van der Waals surface area contributed by atoms with Gasteiger partial charge in [-0.25, -0.2) is 0 Å². The van der Waals surface area contributed by atoms with Crippen LogP contribution >= 0.6 is 31.9 Å².